The number of hydrogen-bond donors (Lipinski definition) is 3. The van der Waals surface area contributed by atoms with Gasteiger partial charge in [0.25, 0.3) is 5.91 Å². The third-order valence-electron chi connectivity index (χ3n) is 3.99. The summed E-state index contributed by atoms with van der Waals surface area (Å²) in [6.07, 6.45) is 4.54. The first kappa shape index (κ1) is 18.2. The summed E-state index contributed by atoms with van der Waals surface area (Å²) in [7, 11) is 0. The fourth-order valence-electron chi connectivity index (χ4n) is 2.71. The van der Waals surface area contributed by atoms with Gasteiger partial charge in [-0.25, -0.2) is 0 Å². The molecule has 0 radical (unpaired) electrons. The number of nitrogens with one attached hydrogen (secondary N) is 1. The summed E-state index contributed by atoms with van der Waals surface area (Å²) < 4.78 is 6.44. The number of carbonyl (C=O) groups excluding carboxylic acids is 1. The zero-order valence-corrected chi connectivity index (χ0v) is 15.9. The SMILES string of the molecule is C=C1NC(=O)C(I)=CC1[C@@H]1O[C@H](CCP(=C)(C)C)[C@@H](O)[C@H]1O. The topological polar surface area (TPSA) is 78.8 Å². The van der Waals surface area contributed by atoms with Crippen LogP contribution in [0.1, 0.15) is 6.42 Å². The minimum absolute atomic E-state index is 0.199. The van der Waals surface area contributed by atoms with Crippen LogP contribution in [0.3, 0.4) is 0 Å². The van der Waals surface area contributed by atoms with Crippen LogP contribution >= 0.6 is 29.5 Å². The van der Waals surface area contributed by atoms with Crippen molar-refractivity contribution in [2.45, 2.75) is 30.8 Å². The van der Waals surface area contributed by atoms with Gasteiger partial charge in [-0.05, 0) is 48.5 Å². The van der Waals surface area contributed by atoms with E-state index in [1.165, 1.54) is 0 Å². The quantitative estimate of drug-likeness (QED) is 0.454. The molecule has 2 heterocycles. The average Bonchev–Trinajstić information content (AvgIpc) is 2.68. The number of rotatable bonds is 4. The summed E-state index contributed by atoms with van der Waals surface area (Å²) in [6.45, 7) is 6.89. The maximum Gasteiger partial charge on any atom is 0.261 e. The summed E-state index contributed by atoms with van der Waals surface area (Å²) in [4.78, 5) is 11.6. The van der Waals surface area contributed by atoms with Crippen molar-refractivity contribution >= 4 is 41.7 Å². The van der Waals surface area contributed by atoms with E-state index in [1.54, 1.807) is 6.08 Å². The predicted octanol–water partition coefficient (Wildman–Crippen LogP) is 1.15. The van der Waals surface area contributed by atoms with Crippen molar-refractivity contribution in [3.8, 4) is 0 Å². The molecule has 0 aromatic heterocycles. The number of carbonyl (C=O) groups is 1. The van der Waals surface area contributed by atoms with E-state index >= 15 is 0 Å². The van der Waals surface area contributed by atoms with Crippen LogP contribution < -0.4 is 5.32 Å². The highest BCUT2D eigenvalue weighted by Crippen LogP contribution is 2.40. The van der Waals surface area contributed by atoms with E-state index in [0.717, 1.165) is 6.16 Å². The lowest BCUT2D eigenvalue weighted by molar-refractivity contribution is -0.116. The maximum absolute atomic E-state index is 11.6. The van der Waals surface area contributed by atoms with Crippen LogP contribution in [0.25, 0.3) is 0 Å². The summed E-state index contributed by atoms with van der Waals surface area (Å²) in [5.41, 5.74) is 0.493. The van der Waals surface area contributed by atoms with Crippen molar-refractivity contribution in [1.82, 2.24) is 5.32 Å². The van der Waals surface area contributed by atoms with Gasteiger partial charge in [0, 0.05) is 11.6 Å². The molecule has 1 saturated heterocycles. The Balaban J connectivity index is 2.11. The lowest BCUT2D eigenvalue weighted by atomic mass is 9.91. The second kappa shape index (κ2) is 6.77. The van der Waals surface area contributed by atoms with Crippen LogP contribution in [0.2, 0.25) is 0 Å². The van der Waals surface area contributed by atoms with Gasteiger partial charge in [0.15, 0.2) is 0 Å². The van der Waals surface area contributed by atoms with E-state index in [-0.39, 0.29) is 11.8 Å². The van der Waals surface area contributed by atoms with E-state index in [2.05, 4.69) is 31.5 Å². The van der Waals surface area contributed by atoms with E-state index < -0.39 is 31.3 Å². The maximum atomic E-state index is 11.6. The standard InChI is InChI=1S/C15H23INO4P/c1-8-9(7-10(16)15(20)17-8)14-13(19)12(18)11(21-14)5-6-22(2,3)4/h7,9,11-14,18-19H,1-2,5-6H2,3-4H3,(H,17,20)/t9?,11-,12-,13-,14+/m1/s1. The molecule has 0 aromatic carbocycles. The van der Waals surface area contributed by atoms with E-state index in [4.69, 9.17) is 4.74 Å². The van der Waals surface area contributed by atoms with Crippen LogP contribution in [0.4, 0.5) is 0 Å². The third-order valence-corrected chi connectivity index (χ3v) is 6.31. The molecule has 5 nitrogen and oxygen atoms in total. The number of aliphatic hydroxyl groups excluding tert-OH is 2. The molecule has 2 aliphatic heterocycles. The van der Waals surface area contributed by atoms with Gasteiger partial charge in [0.1, 0.15) is 12.2 Å². The Hall–Kier alpha value is -0.140. The minimum Gasteiger partial charge on any atom is -0.388 e. The summed E-state index contributed by atoms with van der Waals surface area (Å²) in [5.74, 6) is -0.531. The van der Waals surface area contributed by atoms with Crippen molar-refractivity contribution in [1.29, 1.82) is 0 Å². The zero-order valence-electron chi connectivity index (χ0n) is 12.8. The molecule has 3 N–H and O–H groups in total. The Kier molecular flexibility index (Phi) is 5.60. The Labute approximate surface area is 144 Å². The lowest BCUT2D eigenvalue weighted by Gasteiger charge is -2.28. The second-order valence-electron chi connectivity index (χ2n) is 6.59. The number of halogens is 1. The Morgan fingerprint density at radius 3 is 2.64 bits per heavy atom. The molecule has 22 heavy (non-hydrogen) atoms. The first-order valence-corrected chi connectivity index (χ1v) is 11.3. The minimum atomic E-state index is -1.21. The van der Waals surface area contributed by atoms with Crippen LogP contribution in [0, 0.1) is 5.92 Å². The monoisotopic (exact) mass is 439 g/mol. The first-order chi connectivity index (χ1) is 10.1. The van der Waals surface area contributed by atoms with E-state index in [0.29, 0.717) is 15.7 Å². The molecule has 1 unspecified atom stereocenters. The van der Waals surface area contributed by atoms with Crippen molar-refractivity contribution in [3.63, 3.8) is 0 Å². The molecule has 2 rings (SSSR count). The van der Waals surface area contributed by atoms with Gasteiger partial charge in [0.2, 0.25) is 0 Å². The molecular weight excluding hydrogens is 416 g/mol. The molecule has 0 saturated carbocycles. The molecule has 0 aliphatic carbocycles. The van der Waals surface area contributed by atoms with Crippen LogP contribution in [-0.2, 0) is 9.53 Å². The van der Waals surface area contributed by atoms with Crippen LogP contribution in [0.15, 0.2) is 21.9 Å². The second-order valence-corrected chi connectivity index (χ2v) is 12.1. The smallest absolute Gasteiger partial charge is 0.261 e. The van der Waals surface area contributed by atoms with Crippen molar-refractivity contribution in [3.05, 3.63) is 21.9 Å². The molecule has 7 heteroatoms. The Bertz CT molecular complexity index is 556. The number of aliphatic hydroxyl groups is 2. The summed E-state index contributed by atoms with van der Waals surface area (Å²) >= 11 is 1.94. The van der Waals surface area contributed by atoms with E-state index in [1.807, 2.05) is 22.6 Å². The molecule has 0 spiro atoms. The zero-order chi connectivity index (χ0) is 16.7. The lowest BCUT2D eigenvalue weighted by Crippen LogP contribution is -2.41. The molecule has 124 valence electrons. The highest BCUT2D eigenvalue weighted by molar-refractivity contribution is 14.1. The van der Waals surface area contributed by atoms with Gasteiger partial charge in [-0.2, -0.15) is 0 Å². The Morgan fingerprint density at radius 1 is 1.41 bits per heavy atom. The number of hydrogen-bond acceptors (Lipinski definition) is 4. The fraction of sp³-hybridized carbons (Fsp3) is 0.600. The van der Waals surface area contributed by atoms with Crippen LogP contribution in [-0.4, -0.2) is 66.3 Å². The predicted molar refractivity (Wildman–Crippen MR) is 98.9 cm³/mol. The van der Waals surface area contributed by atoms with Crippen molar-refractivity contribution < 1.29 is 19.7 Å². The average molecular weight is 439 g/mol. The van der Waals surface area contributed by atoms with Crippen molar-refractivity contribution in [2.24, 2.45) is 5.92 Å². The molecule has 1 fully saturated rings. The number of ether oxygens (including phenoxy) is 1. The molecule has 2 aliphatic rings. The highest BCUT2D eigenvalue weighted by Gasteiger charge is 2.47. The summed E-state index contributed by atoms with van der Waals surface area (Å²) in [5, 5.41) is 23.2. The van der Waals surface area contributed by atoms with E-state index in [9.17, 15) is 15.0 Å². The van der Waals surface area contributed by atoms with Gasteiger partial charge < -0.3 is 20.3 Å². The van der Waals surface area contributed by atoms with Crippen molar-refractivity contribution in [2.75, 3.05) is 19.5 Å². The largest absolute Gasteiger partial charge is 0.388 e. The molecule has 0 bridgehead atoms. The van der Waals surface area contributed by atoms with Gasteiger partial charge in [-0.3, -0.25) is 4.79 Å². The fourth-order valence-corrected chi connectivity index (χ4v) is 4.18. The molecular formula is C15H23INO4P. The van der Waals surface area contributed by atoms with Crippen LogP contribution in [0.5, 0.6) is 0 Å². The Morgan fingerprint density at radius 2 is 2.05 bits per heavy atom. The summed E-state index contributed by atoms with van der Waals surface area (Å²) in [6, 6.07) is 0. The molecule has 0 aromatic rings. The molecule has 5 atom stereocenters. The highest BCUT2D eigenvalue weighted by atomic mass is 127. The van der Waals surface area contributed by atoms with Gasteiger partial charge in [-0.1, -0.05) is 12.7 Å². The third kappa shape index (κ3) is 4.03. The normalized spacial score (nSPS) is 36.2. The van der Waals surface area contributed by atoms with Gasteiger partial charge in [0.05, 0.1) is 15.8 Å². The van der Waals surface area contributed by atoms with Gasteiger partial charge in [-0.15, -0.1) is 13.2 Å². The molecule has 1 amide bonds. The van der Waals surface area contributed by atoms with Gasteiger partial charge >= 0.3 is 0 Å². The first-order valence-electron chi connectivity index (χ1n) is 7.16. The number of amides is 1.